The zero-order valence-electron chi connectivity index (χ0n) is 12.9. The number of Topliss-reactive ketones (excluding diaryl/α,β-unsaturated/α-hetero) is 1. The van der Waals surface area contributed by atoms with Crippen LogP contribution in [0.1, 0.15) is 17.3 Å². The number of rotatable bonds is 4. The van der Waals surface area contributed by atoms with Crippen molar-refractivity contribution in [1.82, 2.24) is 0 Å². The zero-order valence-corrected chi connectivity index (χ0v) is 13.9. The Kier molecular flexibility index (Phi) is 4.21. The Balaban J connectivity index is 2.33. The smallest absolute Gasteiger partial charge is 0.296 e. The Morgan fingerprint density at radius 3 is 1.65 bits per heavy atom. The fourth-order valence-corrected chi connectivity index (χ4v) is 6.12. The lowest BCUT2D eigenvalue weighted by molar-refractivity contribution is 0.101. The zero-order chi connectivity index (χ0) is 16.3. The molecular weight excluding hydrogens is 303 g/mol. The molecule has 3 aromatic carbocycles. The van der Waals surface area contributed by atoms with Crippen LogP contribution in [0.2, 0.25) is 0 Å². The first kappa shape index (κ1) is 15.4. The van der Waals surface area contributed by atoms with Crippen LogP contribution < -0.4 is 15.6 Å². The number of benzene rings is 3. The summed E-state index contributed by atoms with van der Waals surface area (Å²) in [5.74, 6) is -0.109. The summed E-state index contributed by atoms with van der Waals surface area (Å²) < 4.78 is 16.6. The normalized spacial score (nSPS) is 11.2. The lowest BCUT2D eigenvalue weighted by Crippen LogP contribution is -2.65. The van der Waals surface area contributed by atoms with Crippen molar-refractivity contribution in [3.05, 3.63) is 90.5 Å². The molecule has 23 heavy (non-hydrogen) atoms. The number of halogens is 1. The molecule has 0 aliphatic carbocycles. The lowest BCUT2D eigenvalue weighted by atomic mass is 10.1. The molecule has 0 atom stereocenters. The van der Waals surface area contributed by atoms with Gasteiger partial charge in [-0.3, -0.25) is 8.90 Å². The third-order valence-electron chi connectivity index (χ3n) is 4.02. The summed E-state index contributed by atoms with van der Waals surface area (Å²) in [5.41, 5.74) is 0.467. The molecule has 3 aromatic rings. The average molecular weight is 320 g/mol. The van der Waals surface area contributed by atoms with Crippen LogP contribution in [0.5, 0.6) is 0 Å². The van der Waals surface area contributed by atoms with Crippen molar-refractivity contribution in [2.45, 2.75) is 6.92 Å². The van der Waals surface area contributed by atoms with Gasteiger partial charge in [-0.15, -0.1) is 0 Å². The van der Waals surface area contributed by atoms with Gasteiger partial charge in [0.2, 0.25) is 0 Å². The summed E-state index contributed by atoms with van der Waals surface area (Å²) in [6.07, 6.45) is 0. The molecule has 0 aliphatic rings. The highest BCUT2D eigenvalue weighted by molar-refractivity contribution is 7.07. The summed E-state index contributed by atoms with van der Waals surface area (Å²) in [7, 11) is -3.71. The first-order chi connectivity index (χ1) is 11.1. The number of carbonyl (C=O) groups is 1. The second-order valence-corrected chi connectivity index (χ2v) is 8.50. The molecule has 0 amide bonds. The average Bonchev–Trinajstić information content (AvgIpc) is 2.62. The molecule has 0 bridgehead atoms. The summed E-state index contributed by atoms with van der Waals surface area (Å²) >= 11 is 0. The van der Waals surface area contributed by atoms with Gasteiger partial charge in [-0.25, -0.2) is 0 Å². The van der Waals surface area contributed by atoms with Crippen molar-refractivity contribution in [2.75, 3.05) is 0 Å². The van der Waals surface area contributed by atoms with E-state index >= 15 is 4.11 Å². The minimum absolute atomic E-state index is 0.109. The van der Waals surface area contributed by atoms with Gasteiger partial charge in [-0.1, -0.05) is 84.9 Å². The predicted octanol–water partition coefficient (Wildman–Crippen LogP) is 2.83. The first-order valence-corrected chi connectivity index (χ1v) is 9.42. The monoisotopic (exact) mass is 320 g/mol. The highest BCUT2D eigenvalue weighted by atomic mass is 28.4. The SMILES string of the molecule is CC(=O)c1ccccc1[Si](F)(c1ccccc1)c1ccccc1. The van der Waals surface area contributed by atoms with Gasteiger partial charge in [0.05, 0.1) is 0 Å². The minimum atomic E-state index is -3.71. The van der Waals surface area contributed by atoms with Crippen LogP contribution in [0, 0.1) is 0 Å². The Morgan fingerprint density at radius 2 is 1.17 bits per heavy atom. The largest absolute Gasteiger partial charge is 0.340 e. The van der Waals surface area contributed by atoms with E-state index in [1.807, 2.05) is 60.7 Å². The maximum Gasteiger partial charge on any atom is 0.340 e. The Morgan fingerprint density at radius 1 is 0.739 bits per heavy atom. The first-order valence-electron chi connectivity index (χ1n) is 7.54. The van der Waals surface area contributed by atoms with Crippen molar-refractivity contribution in [3.63, 3.8) is 0 Å². The van der Waals surface area contributed by atoms with Crippen LogP contribution in [0.25, 0.3) is 0 Å². The summed E-state index contributed by atoms with van der Waals surface area (Å²) in [5, 5.41) is 1.82. The predicted molar refractivity (Wildman–Crippen MR) is 95.1 cm³/mol. The Labute approximate surface area is 136 Å². The summed E-state index contributed by atoms with van der Waals surface area (Å²) in [6.45, 7) is 1.49. The van der Waals surface area contributed by atoms with Crippen molar-refractivity contribution in [2.24, 2.45) is 0 Å². The molecule has 0 N–H and O–H groups in total. The maximum atomic E-state index is 16.6. The molecule has 3 heteroatoms. The van der Waals surface area contributed by atoms with Crippen LogP contribution >= 0.6 is 0 Å². The molecule has 1 nitrogen and oxygen atoms in total. The quantitative estimate of drug-likeness (QED) is 0.313. The highest BCUT2D eigenvalue weighted by Gasteiger charge is 2.43. The van der Waals surface area contributed by atoms with Crippen molar-refractivity contribution in [1.29, 1.82) is 0 Å². The minimum Gasteiger partial charge on any atom is -0.296 e. The molecule has 0 fully saturated rings. The van der Waals surface area contributed by atoms with Crippen molar-refractivity contribution >= 4 is 29.8 Å². The van der Waals surface area contributed by atoms with E-state index in [9.17, 15) is 4.79 Å². The number of carbonyl (C=O) groups excluding carboxylic acids is 1. The molecule has 0 heterocycles. The molecular formula is C20H17FOSi. The van der Waals surface area contributed by atoms with Crippen LogP contribution in [-0.4, -0.2) is 14.2 Å². The van der Waals surface area contributed by atoms with E-state index in [1.165, 1.54) is 6.92 Å². The van der Waals surface area contributed by atoms with E-state index in [4.69, 9.17) is 0 Å². The molecule has 0 aliphatic heterocycles. The number of hydrogen-bond acceptors (Lipinski definition) is 1. The van der Waals surface area contributed by atoms with Crippen molar-refractivity contribution < 1.29 is 8.90 Å². The van der Waals surface area contributed by atoms with E-state index < -0.39 is 8.41 Å². The van der Waals surface area contributed by atoms with Gasteiger partial charge in [-0.05, 0) is 22.5 Å². The topological polar surface area (TPSA) is 17.1 Å². The van der Waals surface area contributed by atoms with Gasteiger partial charge in [0.1, 0.15) is 0 Å². The molecule has 0 saturated heterocycles. The van der Waals surface area contributed by atoms with Gasteiger partial charge >= 0.3 is 8.41 Å². The fraction of sp³-hybridized carbons (Fsp3) is 0.0500. The van der Waals surface area contributed by atoms with E-state index in [-0.39, 0.29) is 5.78 Å². The van der Waals surface area contributed by atoms with Gasteiger partial charge in [-0.2, -0.15) is 0 Å². The van der Waals surface area contributed by atoms with Gasteiger partial charge in [0.15, 0.2) is 5.78 Å². The molecule has 0 radical (unpaired) electrons. The van der Waals surface area contributed by atoms with E-state index in [1.54, 1.807) is 24.3 Å². The van der Waals surface area contributed by atoms with Crippen LogP contribution in [0.15, 0.2) is 84.9 Å². The van der Waals surface area contributed by atoms with Gasteiger partial charge in [0, 0.05) is 5.56 Å². The van der Waals surface area contributed by atoms with Crippen LogP contribution in [-0.2, 0) is 0 Å². The third kappa shape index (κ3) is 2.75. The number of ketones is 1. The molecule has 0 spiro atoms. The third-order valence-corrected chi connectivity index (χ3v) is 7.46. The second kappa shape index (κ2) is 6.30. The molecule has 0 aromatic heterocycles. The molecule has 0 saturated carbocycles. The second-order valence-electron chi connectivity index (χ2n) is 5.49. The van der Waals surface area contributed by atoms with Gasteiger partial charge < -0.3 is 0 Å². The van der Waals surface area contributed by atoms with Crippen LogP contribution in [0.3, 0.4) is 0 Å². The lowest BCUT2D eigenvalue weighted by Gasteiger charge is -2.25. The van der Waals surface area contributed by atoms with E-state index in [0.717, 1.165) is 0 Å². The molecule has 3 rings (SSSR count). The van der Waals surface area contributed by atoms with Gasteiger partial charge in [0.25, 0.3) is 0 Å². The van der Waals surface area contributed by atoms with Crippen molar-refractivity contribution in [3.8, 4) is 0 Å². The van der Waals surface area contributed by atoms with E-state index in [0.29, 0.717) is 21.1 Å². The highest BCUT2D eigenvalue weighted by Crippen LogP contribution is 2.12. The Bertz CT molecular complexity index is 776. The maximum absolute atomic E-state index is 16.6. The summed E-state index contributed by atoms with van der Waals surface area (Å²) in [6, 6.07) is 25.4. The van der Waals surface area contributed by atoms with E-state index in [2.05, 4.69) is 0 Å². The standard InChI is InChI=1S/C20H17FOSi/c1-16(22)19-14-8-9-15-20(19)23(21,17-10-4-2-5-11-17)18-12-6-3-7-13-18/h2-15H,1H3. The fourth-order valence-electron chi connectivity index (χ4n) is 2.90. The molecule has 114 valence electrons. The molecule has 0 unspecified atom stereocenters. The summed E-state index contributed by atoms with van der Waals surface area (Å²) in [4.78, 5) is 12.0. The van der Waals surface area contributed by atoms with Crippen LogP contribution in [0.4, 0.5) is 4.11 Å². The number of hydrogen-bond donors (Lipinski definition) is 0. The Hall–Kier alpha value is -2.52.